The number of fused-ring (bicyclic) bond motifs is 1. The van der Waals surface area contributed by atoms with Crippen LogP contribution in [0, 0.1) is 0 Å². The number of nitrogens with zero attached hydrogens (tertiary/aromatic N) is 1. The van der Waals surface area contributed by atoms with E-state index in [1.54, 1.807) is 6.20 Å². The highest BCUT2D eigenvalue weighted by Crippen LogP contribution is 2.35. The van der Waals surface area contributed by atoms with Crippen LogP contribution in [-0.4, -0.2) is 16.5 Å². The number of pyridine rings is 1. The number of aromatic nitrogens is 2. The van der Waals surface area contributed by atoms with E-state index in [4.69, 9.17) is 10.5 Å². The Labute approximate surface area is 172 Å². The number of unbranched alkanes of at least 4 members (excludes halogenated alkanes) is 1. The second kappa shape index (κ2) is 8.59. The van der Waals surface area contributed by atoms with Gasteiger partial charge in [0, 0.05) is 33.3 Å². The highest BCUT2D eigenvalue weighted by atomic mass is 79.9. The standard InChI is InChI=1S/C23H22BrN3O/c24-17-12-16(14-26-15-17)23-20(8-4-5-11-25)21-13-19(9-10-22(21)27-23)28-18-6-2-1-3-7-18/h1-3,6-7,9-10,12-15,27H,4-5,8,11,25H2. The van der Waals surface area contributed by atoms with E-state index in [1.165, 1.54) is 10.9 Å². The van der Waals surface area contributed by atoms with Gasteiger partial charge in [-0.3, -0.25) is 4.98 Å². The number of para-hydroxylation sites is 1. The minimum Gasteiger partial charge on any atom is -0.457 e. The van der Waals surface area contributed by atoms with Gasteiger partial charge in [0.15, 0.2) is 0 Å². The maximum atomic E-state index is 6.05. The van der Waals surface area contributed by atoms with Crippen LogP contribution in [0.1, 0.15) is 18.4 Å². The van der Waals surface area contributed by atoms with Crippen molar-refractivity contribution in [2.75, 3.05) is 6.54 Å². The van der Waals surface area contributed by atoms with Gasteiger partial charge < -0.3 is 15.5 Å². The van der Waals surface area contributed by atoms with Gasteiger partial charge in [-0.25, -0.2) is 0 Å². The minimum absolute atomic E-state index is 0.707. The number of hydrogen-bond acceptors (Lipinski definition) is 3. The number of ether oxygens (including phenoxy) is 1. The lowest BCUT2D eigenvalue weighted by Gasteiger charge is -2.07. The van der Waals surface area contributed by atoms with Crippen LogP contribution in [-0.2, 0) is 6.42 Å². The van der Waals surface area contributed by atoms with Crippen molar-refractivity contribution in [2.24, 2.45) is 5.73 Å². The molecule has 0 saturated carbocycles. The molecule has 5 heteroatoms. The van der Waals surface area contributed by atoms with E-state index in [-0.39, 0.29) is 0 Å². The molecule has 28 heavy (non-hydrogen) atoms. The second-order valence-electron chi connectivity index (χ2n) is 6.74. The minimum atomic E-state index is 0.707. The zero-order valence-corrected chi connectivity index (χ0v) is 17.1. The summed E-state index contributed by atoms with van der Waals surface area (Å²) in [6.07, 6.45) is 6.69. The normalized spacial score (nSPS) is 11.1. The SMILES string of the molecule is NCCCCc1c(-c2cncc(Br)c2)[nH]c2ccc(Oc3ccccc3)cc12. The molecule has 3 N–H and O–H groups in total. The fourth-order valence-electron chi connectivity index (χ4n) is 3.42. The number of aromatic amines is 1. The maximum absolute atomic E-state index is 6.05. The first-order valence-corrected chi connectivity index (χ1v) is 10.2. The Morgan fingerprint density at radius 3 is 2.61 bits per heavy atom. The maximum Gasteiger partial charge on any atom is 0.128 e. The van der Waals surface area contributed by atoms with Crippen LogP contribution in [0.3, 0.4) is 0 Å². The Hall–Kier alpha value is -2.63. The molecule has 0 amide bonds. The Balaban J connectivity index is 1.77. The van der Waals surface area contributed by atoms with Crippen molar-refractivity contribution < 1.29 is 4.74 Å². The summed E-state index contributed by atoms with van der Waals surface area (Å²) in [6.45, 7) is 0.707. The molecule has 0 radical (unpaired) electrons. The summed E-state index contributed by atoms with van der Waals surface area (Å²) in [5.74, 6) is 1.66. The molecule has 0 unspecified atom stereocenters. The molecule has 0 aliphatic carbocycles. The average molecular weight is 436 g/mol. The van der Waals surface area contributed by atoms with E-state index in [0.29, 0.717) is 6.54 Å². The first-order chi connectivity index (χ1) is 13.7. The molecule has 0 bridgehead atoms. The summed E-state index contributed by atoms with van der Waals surface area (Å²) < 4.78 is 7.01. The van der Waals surface area contributed by atoms with E-state index in [1.807, 2.05) is 42.6 Å². The van der Waals surface area contributed by atoms with Gasteiger partial charge in [-0.15, -0.1) is 0 Å². The number of hydrogen-bond donors (Lipinski definition) is 2. The lowest BCUT2D eigenvalue weighted by atomic mass is 10.0. The molecule has 2 aromatic carbocycles. The molecule has 0 saturated heterocycles. The van der Waals surface area contributed by atoms with Gasteiger partial charge in [0.2, 0.25) is 0 Å². The van der Waals surface area contributed by atoms with Gasteiger partial charge in [0.05, 0.1) is 5.69 Å². The second-order valence-corrected chi connectivity index (χ2v) is 7.65. The summed E-state index contributed by atoms with van der Waals surface area (Å²) in [5.41, 5.74) is 10.3. The third kappa shape index (κ3) is 4.11. The number of H-pyrrole nitrogens is 1. The molecule has 0 aliphatic rings. The summed E-state index contributed by atoms with van der Waals surface area (Å²) >= 11 is 3.53. The Morgan fingerprint density at radius 1 is 0.964 bits per heavy atom. The van der Waals surface area contributed by atoms with Gasteiger partial charge in [-0.1, -0.05) is 18.2 Å². The predicted octanol–water partition coefficient (Wildman–Crippen LogP) is 6.07. The molecule has 142 valence electrons. The first kappa shape index (κ1) is 18.7. The van der Waals surface area contributed by atoms with Crippen LogP contribution in [0.25, 0.3) is 22.2 Å². The summed E-state index contributed by atoms with van der Waals surface area (Å²) in [7, 11) is 0. The van der Waals surface area contributed by atoms with Crippen molar-refractivity contribution >= 4 is 26.8 Å². The van der Waals surface area contributed by atoms with Crippen LogP contribution in [0.2, 0.25) is 0 Å². The number of halogens is 1. The molecule has 4 nitrogen and oxygen atoms in total. The van der Waals surface area contributed by atoms with Crippen molar-refractivity contribution in [3.63, 3.8) is 0 Å². The number of nitrogens with one attached hydrogen (secondary N) is 1. The quantitative estimate of drug-likeness (QED) is 0.346. The highest BCUT2D eigenvalue weighted by molar-refractivity contribution is 9.10. The van der Waals surface area contributed by atoms with E-state index < -0.39 is 0 Å². The fourth-order valence-corrected chi connectivity index (χ4v) is 3.78. The van der Waals surface area contributed by atoms with Crippen LogP contribution in [0.15, 0.2) is 71.5 Å². The van der Waals surface area contributed by atoms with Crippen LogP contribution in [0.5, 0.6) is 11.5 Å². The Kier molecular flexibility index (Phi) is 5.74. The van der Waals surface area contributed by atoms with E-state index in [9.17, 15) is 0 Å². The molecule has 4 rings (SSSR count). The van der Waals surface area contributed by atoms with Crippen molar-refractivity contribution in [1.29, 1.82) is 0 Å². The van der Waals surface area contributed by atoms with Crippen molar-refractivity contribution in [3.8, 4) is 22.8 Å². The molecule has 0 fully saturated rings. The Bertz CT molecular complexity index is 1080. The smallest absolute Gasteiger partial charge is 0.128 e. The lowest BCUT2D eigenvalue weighted by Crippen LogP contribution is -1.99. The summed E-state index contributed by atoms with van der Waals surface area (Å²) in [5, 5.41) is 1.18. The lowest BCUT2D eigenvalue weighted by molar-refractivity contribution is 0.483. The van der Waals surface area contributed by atoms with Gasteiger partial charge >= 0.3 is 0 Å². The van der Waals surface area contributed by atoms with Gasteiger partial charge in [0.25, 0.3) is 0 Å². The fraction of sp³-hybridized carbons (Fsp3) is 0.174. The van der Waals surface area contributed by atoms with Gasteiger partial charge in [0.1, 0.15) is 11.5 Å². The Morgan fingerprint density at radius 2 is 1.82 bits per heavy atom. The van der Waals surface area contributed by atoms with Crippen molar-refractivity contribution in [1.82, 2.24) is 9.97 Å². The molecule has 2 aromatic heterocycles. The van der Waals surface area contributed by atoms with E-state index in [0.717, 1.165) is 52.0 Å². The molecule has 0 spiro atoms. The number of nitrogens with two attached hydrogens (primary N) is 1. The third-order valence-electron chi connectivity index (χ3n) is 4.73. The van der Waals surface area contributed by atoms with Crippen LogP contribution < -0.4 is 10.5 Å². The number of rotatable bonds is 7. The molecule has 4 aromatic rings. The largest absolute Gasteiger partial charge is 0.457 e. The molecule has 0 atom stereocenters. The molecule has 0 aliphatic heterocycles. The van der Waals surface area contributed by atoms with Crippen molar-refractivity contribution in [3.05, 3.63) is 77.0 Å². The summed E-state index contributed by atoms with van der Waals surface area (Å²) in [4.78, 5) is 7.91. The zero-order chi connectivity index (χ0) is 19.3. The predicted molar refractivity (Wildman–Crippen MR) is 118 cm³/mol. The zero-order valence-electron chi connectivity index (χ0n) is 15.5. The number of aryl methyl sites for hydroxylation is 1. The topological polar surface area (TPSA) is 63.9 Å². The number of benzene rings is 2. The summed E-state index contributed by atoms with van der Waals surface area (Å²) in [6, 6.07) is 18.1. The van der Waals surface area contributed by atoms with Gasteiger partial charge in [-0.2, -0.15) is 0 Å². The van der Waals surface area contributed by atoms with E-state index in [2.05, 4.69) is 44.1 Å². The average Bonchev–Trinajstić information content (AvgIpc) is 3.07. The molecular weight excluding hydrogens is 414 g/mol. The molecular formula is C23H22BrN3O. The third-order valence-corrected chi connectivity index (χ3v) is 5.16. The van der Waals surface area contributed by atoms with Crippen LogP contribution >= 0.6 is 15.9 Å². The van der Waals surface area contributed by atoms with Crippen LogP contribution in [0.4, 0.5) is 0 Å². The van der Waals surface area contributed by atoms with Crippen molar-refractivity contribution in [2.45, 2.75) is 19.3 Å². The van der Waals surface area contributed by atoms with Gasteiger partial charge in [-0.05, 0) is 83.7 Å². The van der Waals surface area contributed by atoms with E-state index >= 15 is 0 Å². The monoisotopic (exact) mass is 435 g/mol. The molecule has 2 heterocycles. The first-order valence-electron chi connectivity index (χ1n) is 9.43. The highest BCUT2D eigenvalue weighted by Gasteiger charge is 2.15.